The molecule has 96 valence electrons. The predicted octanol–water partition coefficient (Wildman–Crippen LogP) is 2.41. The molecule has 3 nitrogen and oxygen atoms in total. The molecule has 0 amide bonds. The van der Waals surface area contributed by atoms with Crippen LogP contribution in [0.25, 0.3) is 0 Å². The number of hydrogen-bond acceptors (Lipinski definition) is 3. The Morgan fingerprint density at radius 3 is 2.71 bits per heavy atom. The van der Waals surface area contributed by atoms with Gasteiger partial charge in [0.15, 0.2) is 0 Å². The van der Waals surface area contributed by atoms with Crippen LogP contribution in [-0.4, -0.2) is 38.3 Å². The minimum atomic E-state index is -2.50. The summed E-state index contributed by atoms with van der Waals surface area (Å²) in [5.74, 6) is 0.448. The van der Waals surface area contributed by atoms with Gasteiger partial charge in [-0.15, -0.1) is 0 Å². The van der Waals surface area contributed by atoms with E-state index in [0.29, 0.717) is 16.5 Å². The molecular formula is C11H14ClF2NO2. The lowest BCUT2D eigenvalue weighted by Gasteiger charge is -2.25. The van der Waals surface area contributed by atoms with Crippen LogP contribution >= 0.6 is 11.6 Å². The topological polar surface area (TPSA) is 32.7 Å². The monoisotopic (exact) mass is 265 g/mol. The highest BCUT2D eigenvalue weighted by atomic mass is 35.5. The number of aliphatic hydroxyl groups excluding tert-OH is 1. The van der Waals surface area contributed by atoms with E-state index in [-0.39, 0.29) is 13.2 Å². The number of aliphatic hydroxyl groups is 1. The van der Waals surface area contributed by atoms with E-state index in [4.69, 9.17) is 21.4 Å². The molecule has 0 aromatic heterocycles. The predicted molar refractivity (Wildman–Crippen MR) is 63.3 cm³/mol. The molecule has 0 radical (unpaired) electrons. The van der Waals surface area contributed by atoms with Crippen molar-refractivity contribution in [3.05, 3.63) is 23.2 Å². The van der Waals surface area contributed by atoms with Crippen molar-refractivity contribution in [2.75, 3.05) is 31.7 Å². The molecule has 0 aliphatic carbocycles. The molecule has 0 bridgehead atoms. The van der Waals surface area contributed by atoms with E-state index in [1.54, 1.807) is 18.2 Å². The van der Waals surface area contributed by atoms with Crippen LogP contribution in [0, 0.1) is 0 Å². The van der Waals surface area contributed by atoms with Crippen molar-refractivity contribution in [3.63, 3.8) is 0 Å². The van der Waals surface area contributed by atoms with E-state index < -0.39 is 13.0 Å². The quantitative estimate of drug-likeness (QED) is 0.857. The SMILES string of the molecule is COc1ccc(Cl)cc1N(CCO)CC(F)F. The van der Waals surface area contributed by atoms with E-state index >= 15 is 0 Å². The summed E-state index contributed by atoms with van der Waals surface area (Å²) >= 11 is 5.82. The van der Waals surface area contributed by atoms with Gasteiger partial charge in [-0.05, 0) is 18.2 Å². The first kappa shape index (κ1) is 14.0. The summed E-state index contributed by atoms with van der Waals surface area (Å²) in [7, 11) is 1.45. The maximum Gasteiger partial charge on any atom is 0.255 e. The van der Waals surface area contributed by atoms with E-state index in [0.717, 1.165) is 0 Å². The zero-order valence-corrected chi connectivity index (χ0v) is 10.1. The maximum absolute atomic E-state index is 12.4. The highest BCUT2D eigenvalue weighted by Gasteiger charge is 2.16. The van der Waals surface area contributed by atoms with E-state index in [1.807, 2.05) is 0 Å². The highest BCUT2D eigenvalue weighted by molar-refractivity contribution is 6.30. The number of halogens is 3. The molecule has 0 fully saturated rings. The number of ether oxygens (including phenoxy) is 1. The van der Waals surface area contributed by atoms with Gasteiger partial charge in [-0.1, -0.05) is 11.6 Å². The lowest BCUT2D eigenvalue weighted by Crippen LogP contribution is -2.31. The van der Waals surface area contributed by atoms with Gasteiger partial charge in [0.25, 0.3) is 6.43 Å². The fourth-order valence-corrected chi connectivity index (χ4v) is 1.67. The van der Waals surface area contributed by atoms with Gasteiger partial charge in [0.2, 0.25) is 0 Å². The molecule has 17 heavy (non-hydrogen) atoms. The Hall–Kier alpha value is -1.07. The zero-order valence-electron chi connectivity index (χ0n) is 9.37. The summed E-state index contributed by atoms with van der Waals surface area (Å²) in [5, 5.41) is 9.31. The maximum atomic E-state index is 12.4. The number of benzene rings is 1. The van der Waals surface area contributed by atoms with Crippen molar-refractivity contribution in [2.24, 2.45) is 0 Å². The third-order valence-electron chi connectivity index (χ3n) is 2.21. The second kappa shape index (κ2) is 6.61. The van der Waals surface area contributed by atoms with Crippen LogP contribution in [0.4, 0.5) is 14.5 Å². The fourth-order valence-electron chi connectivity index (χ4n) is 1.51. The van der Waals surface area contributed by atoms with Crippen LogP contribution in [-0.2, 0) is 0 Å². The fraction of sp³-hybridized carbons (Fsp3) is 0.455. The Morgan fingerprint density at radius 1 is 1.47 bits per heavy atom. The van der Waals surface area contributed by atoms with Crippen LogP contribution in [0.1, 0.15) is 0 Å². The Balaban J connectivity index is 3.02. The standard InChI is InChI=1S/C11H14ClF2NO2/c1-17-10-3-2-8(12)6-9(10)15(4-5-16)7-11(13)14/h2-3,6,11,16H,4-5,7H2,1H3. The molecule has 0 saturated carbocycles. The minimum Gasteiger partial charge on any atom is -0.495 e. The Labute approximate surface area is 104 Å². The number of hydrogen-bond donors (Lipinski definition) is 1. The summed E-state index contributed by atoms with van der Waals surface area (Å²) in [6, 6.07) is 4.76. The van der Waals surface area contributed by atoms with Crippen molar-refractivity contribution in [2.45, 2.75) is 6.43 Å². The van der Waals surface area contributed by atoms with Crippen LogP contribution < -0.4 is 9.64 Å². The van der Waals surface area contributed by atoms with E-state index in [9.17, 15) is 8.78 Å². The van der Waals surface area contributed by atoms with Crippen LogP contribution in [0.15, 0.2) is 18.2 Å². The summed E-state index contributed by atoms with van der Waals surface area (Å²) in [5.41, 5.74) is 0.453. The Morgan fingerprint density at radius 2 is 2.18 bits per heavy atom. The molecule has 1 N–H and O–H groups in total. The van der Waals surface area contributed by atoms with Crippen molar-refractivity contribution < 1.29 is 18.6 Å². The average molecular weight is 266 g/mol. The van der Waals surface area contributed by atoms with E-state index in [1.165, 1.54) is 12.0 Å². The molecule has 1 aromatic rings. The van der Waals surface area contributed by atoms with Gasteiger partial charge in [-0.2, -0.15) is 0 Å². The van der Waals surface area contributed by atoms with E-state index in [2.05, 4.69) is 0 Å². The number of nitrogens with zero attached hydrogens (tertiary/aromatic N) is 1. The van der Waals surface area contributed by atoms with Crippen molar-refractivity contribution in [1.29, 1.82) is 0 Å². The molecule has 0 heterocycles. The second-order valence-corrected chi connectivity index (χ2v) is 3.81. The number of alkyl halides is 2. The summed E-state index contributed by atoms with van der Waals surface area (Å²) in [4.78, 5) is 1.34. The molecule has 0 saturated heterocycles. The van der Waals surface area contributed by atoms with Crippen molar-refractivity contribution >= 4 is 17.3 Å². The number of rotatable bonds is 6. The molecule has 6 heteroatoms. The van der Waals surface area contributed by atoms with Gasteiger partial charge >= 0.3 is 0 Å². The highest BCUT2D eigenvalue weighted by Crippen LogP contribution is 2.31. The number of anilines is 1. The summed E-state index contributed by atoms with van der Waals surface area (Å²) < 4.78 is 29.9. The van der Waals surface area contributed by atoms with Gasteiger partial charge < -0.3 is 14.7 Å². The molecule has 0 unspecified atom stereocenters. The summed E-state index contributed by atoms with van der Waals surface area (Å²) in [6.07, 6.45) is -2.50. The third-order valence-corrected chi connectivity index (χ3v) is 2.45. The molecule has 0 aliphatic rings. The molecule has 0 aliphatic heterocycles. The first-order valence-corrected chi connectivity index (χ1v) is 5.43. The zero-order chi connectivity index (χ0) is 12.8. The van der Waals surface area contributed by atoms with Gasteiger partial charge in [-0.25, -0.2) is 8.78 Å². The molecular weight excluding hydrogens is 252 g/mol. The van der Waals surface area contributed by atoms with Gasteiger partial charge in [0.1, 0.15) is 5.75 Å². The van der Waals surface area contributed by atoms with Gasteiger partial charge in [0.05, 0.1) is 25.9 Å². The van der Waals surface area contributed by atoms with Gasteiger partial charge in [0, 0.05) is 11.6 Å². The molecule has 1 aromatic carbocycles. The van der Waals surface area contributed by atoms with Crippen molar-refractivity contribution in [3.8, 4) is 5.75 Å². The average Bonchev–Trinajstić information content (AvgIpc) is 2.28. The lowest BCUT2D eigenvalue weighted by molar-refractivity contribution is 0.152. The molecule has 0 spiro atoms. The third kappa shape index (κ3) is 4.02. The van der Waals surface area contributed by atoms with Crippen LogP contribution in [0.5, 0.6) is 5.75 Å². The minimum absolute atomic E-state index is 0.0983. The smallest absolute Gasteiger partial charge is 0.255 e. The normalized spacial score (nSPS) is 10.7. The molecule has 0 atom stereocenters. The number of methoxy groups -OCH3 is 1. The Kier molecular flexibility index (Phi) is 5.44. The van der Waals surface area contributed by atoms with Crippen LogP contribution in [0.2, 0.25) is 5.02 Å². The lowest BCUT2D eigenvalue weighted by atomic mass is 10.2. The summed E-state index contributed by atoms with van der Waals surface area (Å²) in [6.45, 7) is -0.597. The molecule has 1 rings (SSSR count). The Bertz CT molecular complexity index is 363. The largest absolute Gasteiger partial charge is 0.495 e. The first-order chi connectivity index (χ1) is 8.08. The van der Waals surface area contributed by atoms with Crippen molar-refractivity contribution in [1.82, 2.24) is 0 Å². The van der Waals surface area contributed by atoms with Gasteiger partial charge in [-0.3, -0.25) is 0 Å². The second-order valence-electron chi connectivity index (χ2n) is 3.38. The first-order valence-electron chi connectivity index (χ1n) is 5.06. The van der Waals surface area contributed by atoms with Crippen LogP contribution in [0.3, 0.4) is 0 Å².